The minimum Gasteiger partial charge on any atom is -0.476 e. The van der Waals surface area contributed by atoms with E-state index in [-0.39, 0.29) is 11.7 Å². The molecule has 1 aromatic heterocycles. The molecule has 3 aliphatic rings. The molecule has 1 N–H and O–H groups in total. The number of fused-ring (bicyclic) bond motifs is 2. The molecule has 5 rings (SSSR count). The van der Waals surface area contributed by atoms with E-state index in [0.29, 0.717) is 25.3 Å². The first-order valence-electron chi connectivity index (χ1n) is 11.3. The molecule has 32 heavy (non-hydrogen) atoms. The highest BCUT2D eigenvalue weighted by molar-refractivity contribution is 5.86. The average molecular weight is 440 g/mol. The molecule has 2 unspecified atom stereocenters. The van der Waals surface area contributed by atoms with Crippen LogP contribution >= 0.6 is 0 Å². The van der Waals surface area contributed by atoms with E-state index in [9.17, 15) is 9.59 Å². The second-order valence-electron chi connectivity index (χ2n) is 8.99. The van der Waals surface area contributed by atoms with Crippen LogP contribution in [0.1, 0.15) is 34.5 Å². The summed E-state index contributed by atoms with van der Waals surface area (Å²) in [7, 11) is 0. The fourth-order valence-corrected chi connectivity index (χ4v) is 4.94. The second kappa shape index (κ2) is 8.55. The maximum atomic E-state index is 12.7. The van der Waals surface area contributed by atoms with Crippen molar-refractivity contribution in [2.75, 3.05) is 44.2 Å². The van der Waals surface area contributed by atoms with Crippen LogP contribution in [0.15, 0.2) is 30.5 Å². The first-order chi connectivity index (χ1) is 15.5. The molecule has 2 atom stereocenters. The summed E-state index contributed by atoms with van der Waals surface area (Å²) in [5.41, 5.74) is 3.76. The molecule has 0 spiro atoms. The van der Waals surface area contributed by atoms with Crippen LogP contribution in [0.3, 0.4) is 0 Å². The lowest BCUT2D eigenvalue weighted by atomic mass is 10.1. The summed E-state index contributed by atoms with van der Waals surface area (Å²) in [5.74, 6) is -1.14. The zero-order valence-electron chi connectivity index (χ0n) is 18.3. The molecule has 3 aliphatic heterocycles. The summed E-state index contributed by atoms with van der Waals surface area (Å²) in [6.45, 7) is 7.59. The lowest BCUT2D eigenvalue weighted by Gasteiger charge is -2.37. The fourth-order valence-electron chi connectivity index (χ4n) is 4.94. The minimum absolute atomic E-state index is 0.125. The van der Waals surface area contributed by atoms with Gasteiger partial charge in [0.15, 0.2) is 5.69 Å². The van der Waals surface area contributed by atoms with Gasteiger partial charge in [-0.05, 0) is 43.0 Å². The number of carbonyl (C=O) groups excluding carboxylic acids is 1. The molecular formula is C23H29N5O4. The third kappa shape index (κ3) is 4.22. The summed E-state index contributed by atoms with van der Waals surface area (Å²) in [4.78, 5) is 30.3. The lowest BCUT2D eigenvalue weighted by Crippen LogP contribution is -2.49. The number of anilines is 1. The first kappa shape index (κ1) is 21.0. The van der Waals surface area contributed by atoms with Crippen LogP contribution < -0.4 is 4.90 Å². The van der Waals surface area contributed by atoms with Crippen molar-refractivity contribution in [2.24, 2.45) is 0 Å². The number of carboxylic acids is 1. The van der Waals surface area contributed by atoms with Gasteiger partial charge in [0.1, 0.15) is 0 Å². The zero-order chi connectivity index (χ0) is 22.2. The smallest absolute Gasteiger partial charge is 0.356 e. The Bertz CT molecular complexity index is 1000. The van der Waals surface area contributed by atoms with E-state index in [2.05, 4.69) is 40.0 Å². The van der Waals surface area contributed by atoms with E-state index in [4.69, 9.17) is 9.84 Å². The SMILES string of the molecule is Cc1ccc(CN2CCN(C(=O)n3ccc(C(=O)O)n3)CC2)c(N2CC3CCC(C2)O3)c1. The van der Waals surface area contributed by atoms with Crippen LogP contribution in [0.4, 0.5) is 10.5 Å². The van der Waals surface area contributed by atoms with Crippen molar-refractivity contribution >= 4 is 17.7 Å². The molecule has 170 valence electrons. The van der Waals surface area contributed by atoms with Crippen LogP contribution in [0.25, 0.3) is 0 Å². The van der Waals surface area contributed by atoms with Crippen molar-refractivity contribution in [3.05, 3.63) is 47.3 Å². The number of aromatic nitrogens is 2. The lowest BCUT2D eigenvalue weighted by molar-refractivity contribution is 0.0304. The molecule has 2 aromatic rings. The number of aromatic carboxylic acids is 1. The number of benzene rings is 1. The highest BCUT2D eigenvalue weighted by atomic mass is 16.5. The monoisotopic (exact) mass is 439 g/mol. The summed E-state index contributed by atoms with van der Waals surface area (Å²) >= 11 is 0. The number of hydrogen-bond donors (Lipinski definition) is 1. The van der Waals surface area contributed by atoms with Crippen molar-refractivity contribution in [1.82, 2.24) is 19.6 Å². The standard InChI is InChI=1S/C23H29N5O4/c1-16-2-3-17(21(12-16)27-14-18-4-5-19(15-27)32-18)13-25-8-10-26(11-9-25)23(31)28-7-6-20(24-28)22(29)30/h2-3,6-7,12,18-19H,4-5,8-11,13-15H2,1H3,(H,29,30). The first-order valence-corrected chi connectivity index (χ1v) is 11.3. The van der Waals surface area contributed by atoms with Gasteiger partial charge in [0.05, 0.1) is 12.2 Å². The number of carbonyl (C=O) groups is 2. The molecule has 9 nitrogen and oxygen atoms in total. The minimum atomic E-state index is -1.14. The van der Waals surface area contributed by atoms with Gasteiger partial charge in [-0.3, -0.25) is 4.90 Å². The summed E-state index contributed by atoms with van der Waals surface area (Å²) in [6.07, 6.45) is 4.42. The van der Waals surface area contributed by atoms with Gasteiger partial charge in [-0.25, -0.2) is 9.59 Å². The Labute approximate surface area is 187 Å². The highest BCUT2D eigenvalue weighted by Crippen LogP contribution is 2.32. The van der Waals surface area contributed by atoms with Crippen molar-refractivity contribution in [3.8, 4) is 0 Å². The Hall–Kier alpha value is -2.91. The molecule has 2 bridgehead atoms. The molecule has 1 aromatic carbocycles. The number of hydrogen-bond acceptors (Lipinski definition) is 6. The Morgan fingerprint density at radius 1 is 1.09 bits per heavy atom. The molecule has 4 heterocycles. The third-order valence-electron chi connectivity index (χ3n) is 6.67. The number of carboxylic acid groups (broad SMARTS) is 1. The van der Waals surface area contributed by atoms with Gasteiger partial charge in [-0.2, -0.15) is 9.78 Å². The molecule has 0 aliphatic carbocycles. The Kier molecular flexibility index (Phi) is 5.60. The van der Waals surface area contributed by atoms with Crippen molar-refractivity contribution in [1.29, 1.82) is 0 Å². The topological polar surface area (TPSA) is 91.1 Å². The van der Waals surface area contributed by atoms with Gasteiger partial charge in [0.25, 0.3) is 0 Å². The fraction of sp³-hybridized carbons (Fsp3) is 0.522. The predicted molar refractivity (Wildman–Crippen MR) is 118 cm³/mol. The largest absolute Gasteiger partial charge is 0.476 e. The van der Waals surface area contributed by atoms with E-state index in [1.54, 1.807) is 4.90 Å². The van der Waals surface area contributed by atoms with E-state index in [0.717, 1.165) is 50.2 Å². The van der Waals surface area contributed by atoms with Gasteiger partial charge in [-0.15, -0.1) is 0 Å². The molecule has 9 heteroatoms. The van der Waals surface area contributed by atoms with Gasteiger partial charge < -0.3 is 19.6 Å². The van der Waals surface area contributed by atoms with E-state index in [1.807, 2.05) is 0 Å². The van der Waals surface area contributed by atoms with Crippen LogP contribution in [-0.4, -0.2) is 88.2 Å². The van der Waals surface area contributed by atoms with Gasteiger partial charge in [0, 0.05) is 57.7 Å². The number of nitrogens with zero attached hydrogens (tertiary/aromatic N) is 5. The van der Waals surface area contributed by atoms with E-state index in [1.165, 1.54) is 29.1 Å². The van der Waals surface area contributed by atoms with Gasteiger partial charge in [0.2, 0.25) is 0 Å². The van der Waals surface area contributed by atoms with Crippen molar-refractivity contribution in [2.45, 2.75) is 38.5 Å². The summed E-state index contributed by atoms with van der Waals surface area (Å²) in [5, 5.41) is 12.9. The maximum absolute atomic E-state index is 12.7. The molecular weight excluding hydrogens is 410 g/mol. The third-order valence-corrected chi connectivity index (χ3v) is 6.67. The van der Waals surface area contributed by atoms with Crippen LogP contribution in [0.2, 0.25) is 0 Å². The number of morpholine rings is 1. The number of aryl methyl sites for hydroxylation is 1. The van der Waals surface area contributed by atoms with Crippen LogP contribution in [0, 0.1) is 6.92 Å². The van der Waals surface area contributed by atoms with Gasteiger partial charge >= 0.3 is 12.0 Å². The zero-order valence-corrected chi connectivity index (χ0v) is 18.3. The number of rotatable bonds is 4. The molecule has 3 saturated heterocycles. The normalized spacial score (nSPS) is 23.5. The maximum Gasteiger partial charge on any atom is 0.356 e. The second-order valence-corrected chi connectivity index (χ2v) is 8.99. The Balaban J connectivity index is 1.22. The number of ether oxygens (including phenoxy) is 1. The Morgan fingerprint density at radius 2 is 1.81 bits per heavy atom. The van der Waals surface area contributed by atoms with Crippen molar-refractivity contribution < 1.29 is 19.4 Å². The van der Waals surface area contributed by atoms with Crippen LogP contribution in [0.5, 0.6) is 0 Å². The highest BCUT2D eigenvalue weighted by Gasteiger charge is 2.34. The molecule has 1 amide bonds. The molecule has 3 fully saturated rings. The quantitative estimate of drug-likeness (QED) is 0.780. The molecule has 0 radical (unpaired) electrons. The Morgan fingerprint density at radius 3 is 2.47 bits per heavy atom. The van der Waals surface area contributed by atoms with E-state index >= 15 is 0 Å². The molecule has 0 saturated carbocycles. The van der Waals surface area contributed by atoms with Crippen LogP contribution in [-0.2, 0) is 11.3 Å². The summed E-state index contributed by atoms with van der Waals surface area (Å²) in [6, 6.07) is 7.75. The summed E-state index contributed by atoms with van der Waals surface area (Å²) < 4.78 is 7.14. The number of amides is 1. The van der Waals surface area contributed by atoms with Gasteiger partial charge in [-0.1, -0.05) is 12.1 Å². The van der Waals surface area contributed by atoms with Crippen molar-refractivity contribution in [3.63, 3.8) is 0 Å². The van der Waals surface area contributed by atoms with E-state index < -0.39 is 5.97 Å². The predicted octanol–water partition coefficient (Wildman–Crippen LogP) is 2.04. The average Bonchev–Trinajstić information content (AvgIpc) is 3.41. The number of piperazine rings is 1.